The molecule has 0 heterocycles. The minimum atomic E-state index is -0.627. The van der Waals surface area contributed by atoms with Crippen LogP contribution in [0.2, 0.25) is 0 Å². The average molecular weight is 447 g/mol. The highest BCUT2D eigenvalue weighted by Crippen LogP contribution is 2.52. The summed E-state index contributed by atoms with van der Waals surface area (Å²) < 4.78 is 6.28. The maximum absolute atomic E-state index is 10.2. The van der Waals surface area contributed by atoms with Crippen LogP contribution in [0.3, 0.4) is 0 Å². The van der Waals surface area contributed by atoms with Gasteiger partial charge in [0.1, 0.15) is 0 Å². The Morgan fingerprint density at radius 1 is 1.16 bits per heavy atom. The number of allylic oxidation sites excluding steroid dienone is 3. The Hall–Kier alpha value is -0.940. The van der Waals surface area contributed by atoms with Crippen molar-refractivity contribution in [2.75, 3.05) is 6.61 Å². The van der Waals surface area contributed by atoms with Gasteiger partial charge in [-0.1, -0.05) is 43.7 Å². The zero-order valence-electron chi connectivity index (χ0n) is 20.7. The first kappa shape index (κ1) is 25.7. The molecule has 32 heavy (non-hydrogen) atoms. The summed E-state index contributed by atoms with van der Waals surface area (Å²) in [6.45, 7) is 13.1. The molecule has 0 bridgehead atoms. The van der Waals surface area contributed by atoms with E-state index >= 15 is 0 Å². The second-order valence-electron chi connectivity index (χ2n) is 11.1. The third kappa shape index (κ3) is 6.14. The van der Waals surface area contributed by atoms with Crippen LogP contribution < -0.4 is 0 Å². The molecule has 0 aliphatic heterocycles. The van der Waals surface area contributed by atoms with Gasteiger partial charge in [-0.3, -0.25) is 0 Å². The molecule has 0 aromatic heterocycles. The highest BCUT2D eigenvalue weighted by molar-refractivity contribution is 5.29. The van der Waals surface area contributed by atoms with Crippen LogP contribution in [0.4, 0.5) is 0 Å². The topological polar surface area (TPSA) is 69.9 Å². The van der Waals surface area contributed by atoms with E-state index in [4.69, 9.17) is 4.74 Å². The molecule has 3 aliphatic carbocycles. The number of aliphatic hydroxyl groups excluding tert-OH is 2. The molecule has 4 nitrogen and oxygen atoms in total. The molecule has 0 saturated heterocycles. The lowest BCUT2D eigenvalue weighted by Gasteiger charge is -2.39. The first-order valence-electron chi connectivity index (χ1n) is 12.9. The number of ether oxygens (including phenoxy) is 1. The number of rotatable bonds is 8. The maximum atomic E-state index is 10.2. The van der Waals surface area contributed by atoms with Crippen molar-refractivity contribution in [3.8, 4) is 0 Å². The third-order valence-corrected chi connectivity index (χ3v) is 8.70. The van der Waals surface area contributed by atoms with E-state index in [1.54, 1.807) is 5.57 Å². The van der Waals surface area contributed by atoms with Crippen LogP contribution in [-0.4, -0.2) is 45.8 Å². The fraction of sp³-hybridized carbons (Fsp3) is 0.786. The van der Waals surface area contributed by atoms with Crippen molar-refractivity contribution < 1.29 is 20.1 Å². The molecule has 2 unspecified atom stereocenters. The number of fused-ring (bicyclic) bond motifs is 1. The molecule has 8 atom stereocenters. The summed E-state index contributed by atoms with van der Waals surface area (Å²) in [7, 11) is 0. The Balaban J connectivity index is 1.60. The number of aliphatic hydroxyl groups is 3. The summed E-state index contributed by atoms with van der Waals surface area (Å²) in [5, 5.41) is 30.5. The third-order valence-electron chi connectivity index (χ3n) is 8.70. The van der Waals surface area contributed by atoms with E-state index in [0.29, 0.717) is 42.1 Å². The van der Waals surface area contributed by atoms with Crippen LogP contribution in [0.1, 0.15) is 85.5 Å². The lowest BCUT2D eigenvalue weighted by Crippen LogP contribution is -2.34. The van der Waals surface area contributed by atoms with Crippen LogP contribution in [0.15, 0.2) is 35.5 Å². The molecule has 0 aromatic rings. The fourth-order valence-corrected chi connectivity index (χ4v) is 6.28. The molecule has 3 saturated carbocycles. The molecule has 3 aliphatic rings. The molecular formula is C28H46O4. The van der Waals surface area contributed by atoms with E-state index in [0.717, 1.165) is 37.9 Å². The zero-order chi connectivity index (χ0) is 23.5. The monoisotopic (exact) mass is 446 g/mol. The summed E-state index contributed by atoms with van der Waals surface area (Å²) in [5.41, 5.74) is 2.64. The highest BCUT2D eigenvalue weighted by Gasteiger charge is 2.45. The highest BCUT2D eigenvalue weighted by atomic mass is 16.5. The van der Waals surface area contributed by atoms with Gasteiger partial charge in [0.25, 0.3) is 0 Å². The van der Waals surface area contributed by atoms with Crippen molar-refractivity contribution in [3.63, 3.8) is 0 Å². The minimum Gasteiger partial charge on any atom is -0.390 e. The molecular weight excluding hydrogens is 400 g/mol. The van der Waals surface area contributed by atoms with Gasteiger partial charge < -0.3 is 20.1 Å². The second kappa shape index (κ2) is 11.0. The first-order valence-corrected chi connectivity index (χ1v) is 12.9. The van der Waals surface area contributed by atoms with Gasteiger partial charge in [0.05, 0.1) is 23.9 Å². The van der Waals surface area contributed by atoms with Gasteiger partial charge in [0.15, 0.2) is 0 Å². The summed E-state index contributed by atoms with van der Waals surface area (Å²) in [5.74, 6) is 2.61. The molecule has 0 spiro atoms. The quantitative estimate of drug-likeness (QED) is 0.348. The first-order chi connectivity index (χ1) is 15.1. The van der Waals surface area contributed by atoms with Crippen LogP contribution in [0, 0.1) is 23.7 Å². The van der Waals surface area contributed by atoms with Crippen LogP contribution in [-0.2, 0) is 4.74 Å². The second-order valence-corrected chi connectivity index (χ2v) is 11.1. The van der Waals surface area contributed by atoms with Crippen molar-refractivity contribution >= 4 is 0 Å². The summed E-state index contributed by atoms with van der Waals surface area (Å²) in [4.78, 5) is 0. The van der Waals surface area contributed by atoms with Gasteiger partial charge in [-0.2, -0.15) is 0 Å². The number of hydrogen-bond donors (Lipinski definition) is 3. The van der Waals surface area contributed by atoms with E-state index in [1.165, 1.54) is 19.3 Å². The summed E-state index contributed by atoms with van der Waals surface area (Å²) >= 11 is 0. The predicted octanol–water partition coefficient (Wildman–Crippen LogP) is 5.33. The van der Waals surface area contributed by atoms with E-state index in [-0.39, 0.29) is 6.10 Å². The van der Waals surface area contributed by atoms with E-state index < -0.39 is 17.8 Å². The predicted molar refractivity (Wildman–Crippen MR) is 130 cm³/mol. The van der Waals surface area contributed by atoms with Gasteiger partial charge in [-0.05, 0) is 101 Å². The SMILES string of the molecule is C=C1[C@H](O)CC(=C/C=C2\CC[C@H](C)C3C2CC[C@@H]3[C@H](C)OCCC[C@](C)(O)CC)C[C@H]1O. The minimum absolute atomic E-state index is 0.256. The largest absolute Gasteiger partial charge is 0.390 e. The Labute approximate surface area is 195 Å². The Morgan fingerprint density at radius 2 is 1.84 bits per heavy atom. The average Bonchev–Trinajstić information content (AvgIpc) is 3.21. The summed E-state index contributed by atoms with van der Waals surface area (Å²) in [6, 6.07) is 0. The molecule has 4 heteroatoms. The van der Waals surface area contributed by atoms with Crippen LogP contribution in [0.25, 0.3) is 0 Å². The van der Waals surface area contributed by atoms with E-state index in [2.05, 4.69) is 32.6 Å². The van der Waals surface area contributed by atoms with Crippen LogP contribution in [0.5, 0.6) is 0 Å². The van der Waals surface area contributed by atoms with Crippen LogP contribution >= 0.6 is 0 Å². The number of hydrogen-bond acceptors (Lipinski definition) is 4. The normalized spacial score (nSPS) is 37.3. The van der Waals surface area contributed by atoms with E-state index in [1.807, 2.05) is 13.8 Å². The van der Waals surface area contributed by atoms with Gasteiger partial charge in [-0.15, -0.1) is 0 Å². The molecule has 3 rings (SSSR count). The van der Waals surface area contributed by atoms with Gasteiger partial charge in [0.2, 0.25) is 0 Å². The van der Waals surface area contributed by atoms with Crippen molar-refractivity contribution in [3.05, 3.63) is 35.5 Å². The molecule has 0 amide bonds. The van der Waals surface area contributed by atoms with Crippen molar-refractivity contribution in [2.45, 2.75) is 109 Å². The zero-order valence-corrected chi connectivity index (χ0v) is 20.7. The summed E-state index contributed by atoms with van der Waals surface area (Å²) in [6.07, 6.45) is 11.9. The molecule has 182 valence electrons. The smallest absolute Gasteiger partial charge is 0.0809 e. The van der Waals surface area contributed by atoms with Gasteiger partial charge >= 0.3 is 0 Å². The standard InChI is InChI=1S/C28H46O4/c1-6-28(5,31)14-7-15-32-20(4)23-12-13-24-22(10-8-18(2)27(23)24)11-9-21-16-25(29)19(3)26(30)17-21/h9,11,18,20,23-27,29-31H,3,6-8,10,12-17H2,1-2,4-5H3/b22-11+/t18-,20-,23+,24?,25+,26+,27?,28+/m0/s1. The lowest BCUT2D eigenvalue weighted by molar-refractivity contribution is -0.0166. The maximum Gasteiger partial charge on any atom is 0.0809 e. The fourth-order valence-electron chi connectivity index (χ4n) is 6.28. The Bertz CT molecular complexity index is 690. The lowest BCUT2D eigenvalue weighted by atomic mass is 9.68. The Kier molecular flexibility index (Phi) is 8.82. The van der Waals surface area contributed by atoms with E-state index in [9.17, 15) is 15.3 Å². The molecule has 3 fully saturated rings. The van der Waals surface area contributed by atoms with Gasteiger partial charge in [-0.25, -0.2) is 0 Å². The molecule has 0 radical (unpaired) electrons. The van der Waals surface area contributed by atoms with Crippen molar-refractivity contribution in [2.24, 2.45) is 23.7 Å². The Morgan fingerprint density at radius 3 is 2.50 bits per heavy atom. The van der Waals surface area contributed by atoms with Gasteiger partial charge in [0, 0.05) is 6.61 Å². The molecule has 0 aromatic carbocycles. The van der Waals surface area contributed by atoms with Crippen molar-refractivity contribution in [1.29, 1.82) is 0 Å². The molecule has 3 N–H and O–H groups in total. The van der Waals surface area contributed by atoms with Crippen molar-refractivity contribution in [1.82, 2.24) is 0 Å².